The second-order valence-corrected chi connectivity index (χ2v) is 4.43. The van der Waals surface area contributed by atoms with Crippen molar-refractivity contribution in [2.75, 3.05) is 11.9 Å². The molecule has 0 aliphatic rings. The summed E-state index contributed by atoms with van der Waals surface area (Å²) < 4.78 is 0. The third kappa shape index (κ3) is 3.55. The Morgan fingerprint density at radius 2 is 2.05 bits per heavy atom. The Morgan fingerprint density at radius 1 is 1.32 bits per heavy atom. The Bertz CT molecular complexity index is 555. The fraction of sp³-hybridized carbons (Fsp3) is 0.200. The van der Waals surface area contributed by atoms with Gasteiger partial charge >= 0.3 is 5.97 Å². The minimum atomic E-state index is -0.943. The van der Waals surface area contributed by atoms with Crippen molar-refractivity contribution >= 4 is 11.8 Å². The van der Waals surface area contributed by atoms with Crippen LogP contribution in [-0.2, 0) is 0 Å². The van der Waals surface area contributed by atoms with Crippen LogP contribution in [0.15, 0.2) is 48.7 Å². The maximum atomic E-state index is 10.9. The molecular weight excluding hydrogens is 240 g/mol. The van der Waals surface area contributed by atoms with E-state index >= 15 is 0 Å². The second kappa shape index (κ2) is 6.00. The second-order valence-electron chi connectivity index (χ2n) is 4.43. The van der Waals surface area contributed by atoms with Gasteiger partial charge in [-0.05, 0) is 23.6 Å². The van der Waals surface area contributed by atoms with Gasteiger partial charge in [0.1, 0.15) is 5.82 Å². The van der Waals surface area contributed by atoms with Crippen molar-refractivity contribution in [1.29, 1.82) is 0 Å². The normalized spacial score (nSPS) is 11.8. The number of pyridine rings is 1. The van der Waals surface area contributed by atoms with Gasteiger partial charge in [-0.25, -0.2) is 9.78 Å². The van der Waals surface area contributed by atoms with Crippen molar-refractivity contribution in [1.82, 2.24) is 4.98 Å². The minimum Gasteiger partial charge on any atom is -0.478 e. The molecule has 0 bridgehead atoms. The van der Waals surface area contributed by atoms with E-state index in [2.05, 4.69) is 29.4 Å². The number of aromatic carboxylic acids is 1. The van der Waals surface area contributed by atoms with Gasteiger partial charge in [-0.1, -0.05) is 37.3 Å². The van der Waals surface area contributed by atoms with Gasteiger partial charge in [-0.15, -0.1) is 0 Å². The lowest BCUT2D eigenvalue weighted by Crippen LogP contribution is -2.11. The Kier molecular flexibility index (Phi) is 4.13. The molecule has 4 nitrogen and oxygen atoms in total. The molecule has 0 fully saturated rings. The van der Waals surface area contributed by atoms with Crippen LogP contribution in [0.4, 0.5) is 5.82 Å². The molecule has 0 saturated heterocycles. The van der Waals surface area contributed by atoms with E-state index in [9.17, 15) is 4.79 Å². The molecule has 98 valence electrons. The topological polar surface area (TPSA) is 62.2 Å². The highest BCUT2D eigenvalue weighted by atomic mass is 16.4. The van der Waals surface area contributed by atoms with Crippen LogP contribution < -0.4 is 5.32 Å². The predicted molar refractivity (Wildman–Crippen MR) is 74.5 cm³/mol. The molecule has 0 spiro atoms. The SMILES string of the molecule is CC(CNc1cc(C(=O)O)ccn1)c1ccccc1. The molecule has 0 radical (unpaired) electrons. The zero-order chi connectivity index (χ0) is 13.7. The van der Waals surface area contributed by atoms with Crippen LogP contribution in [0.2, 0.25) is 0 Å². The molecule has 1 aromatic carbocycles. The summed E-state index contributed by atoms with van der Waals surface area (Å²) in [5.41, 5.74) is 1.48. The summed E-state index contributed by atoms with van der Waals surface area (Å²) in [7, 11) is 0. The van der Waals surface area contributed by atoms with Gasteiger partial charge < -0.3 is 10.4 Å². The van der Waals surface area contributed by atoms with E-state index in [4.69, 9.17) is 5.11 Å². The van der Waals surface area contributed by atoms with Crippen molar-refractivity contribution < 1.29 is 9.90 Å². The lowest BCUT2D eigenvalue weighted by Gasteiger charge is -2.13. The van der Waals surface area contributed by atoms with Crippen molar-refractivity contribution in [3.05, 3.63) is 59.8 Å². The first-order chi connectivity index (χ1) is 9.16. The third-order valence-electron chi connectivity index (χ3n) is 2.96. The predicted octanol–water partition coefficient (Wildman–Crippen LogP) is 3.00. The molecule has 2 rings (SSSR count). The van der Waals surface area contributed by atoms with Gasteiger partial charge in [-0.2, -0.15) is 0 Å². The van der Waals surface area contributed by atoms with E-state index in [1.165, 1.54) is 17.8 Å². The molecule has 0 aliphatic carbocycles. The quantitative estimate of drug-likeness (QED) is 0.863. The molecule has 2 aromatic rings. The number of nitrogens with zero attached hydrogens (tertiary/aromatic N) is 1. The van der Waals surface area contributed by atoms with E-state index in [1.54, 1.807) is 6.07 Å². The summed E-state index contributed by atoms with van der Waals surface area (Å²) in [5.74, 6) is -0.0271. The molecule has 0 amide bonds. The molecule has 1 heterocycles. The van der Waals surface area contributed by atoms with Crippen molar-refractivity contribution in [2.45, 2.75) is 12.8 Å². The number of nitrogens with one attached hydrogen (secondary N) is 1. The van der Waals surface area contributed by atoms with E-state index in [1.807, 2.05) is 18.2 Å². The van der Waals surface area contributed by atoms with Gasteiger partial charge in [0.2, 0.25) is 0 Å². The number of carboxylic acids is 1. The smallest absolute Gasteiger partial charge is 0.335 e. The maximum absolute atomic E-state index is 10.9. The number of benzene rings is 1. The fourth-order valence-corrected chi connectivity index (χ4v) is 1.82. The van der Waals surface area contributed by atoms with Crippen LogP contribution >= 0.6 is 0 Å². The summed E-state index contributed by atoms with van der Waals surface area (Å²) in [5, 5.41) is 12.1. The maximum Gasteiger partial charge on any atom is 0.335 e. The lowest BCUT2D eigenvalue weighted by atomic mass is 10.0. The number of carbonyl (C=O) groups is 1. The molecule has 1 unspecified atom stereocenters. The Labute approximate surface area is 112 Å². The zero-order valence-corrected chi connectivity index (χ0v) is 10.7. The van der Waals surface area contributed by atoms with Gasteiger partial charge in [0, 0.05) is 12.7 Å². The minimum absolute atomic E-state index is 0.241. The molecule has 0 saturated carbocycles. The standard InChI is InChI=1S/C15H16N2O2/c1-11(12-5-3-2-4-6-12)10-17-14-9-13(15(18)19)7-8-16-14/h2-9,11H,10H2,1H3,(H,16,17)(H,18,19). The van der Waals surface area contributed by atoms with Crippen LogP contribution in [-0.4, -0.2) is 22.6 Å². The zero-order valence-electron chi connectivity index (χ0n) is 10.7. The first kappa shape index (κ1) is 13.1. The van der Waals surface area contributed by atoms with Crippen LogP contribution in [0, 0.1) is 0 Å². The average molecular weight is 256 g/mol. The number of carboxylic acid groups (broad SMARTS) is 1. The highest BCUT2D eigenvalue weighted by Gasteiger charge is 2.07. The molecule has 1 atom stereocenters. The summed E-state index contributed by atoms with van der Waals surface area (Å²) in [4.78, 5) is 15.0. The number of hydrogen-bond acceptors (Lipinski definition) is 3. The highest BCUT2D eigenvalue weighted by molar-refractivity contribution is 5.88. The number of rotatable bonds is 5. The Hall–Kier alpha value is -2.36. The molecule has 19 heavy (non-hydrogen) atoms. The molecule has 0 aliphatic heterocycles. The van der Waals surface area contributed by atoms with Crippen LogP contribution in [0.5, 0.6) is 0 Å². The highest BCUT2D eigenvalue weighted by Crippen LogP contribution is 2.15. The monoisotopic (exact) mass is 256 g/mol. The van der Waals surface area contributed by atoms with Crippen LogP contribution in [0.3, 0.4) is 0 Å². The average Bonchev–Trinajstić information content (AvgIpc) is 2.46. The Morgan fingerprint density at radius 3 is 2.74 bits per heavy atom. The summed E-state index contributed by atoms with van der Waals surface area (Å²) in [6.07, 6.45) is 1.50. The van der Waals surface area contributed by atoms with E-state index in [0.717, 1.165) is 0 Å². The molecule has 4 heteroatoms. The summed E-state index contributed by atoms with van der Waals surface area (Å²) >= 11 is 0. The molecule has 1 aromatic heterocycles. The first-order valence-electron chi connectivity index (χ1n) is 6.15. The largest absolute Gasteiger partial charge is 0.478 e. The van der Waals surface area contributed by atoms with Gasteiger partial charge in [0.25, 0.3) is 0 Å². The first-order valence-corrected chi connectivity index (χ1v) is 6.15. The third-order valence-corrected chi connectivity index (χ3v) is 2.96. The van der Waals surface area contributed by atoms with Gasteiger partial charge in [-0.3, -0.25) is 0 Å². The van der Waals surface area contributed by atoms with Crippen LogP contribution in [0.25, 0.3) is 0 Å². The summed E-state index contributed by atoms with van der Waals surface area (Å²) in [6.45, 7) is 2.82. The number of aromatic nitrogens is 1. The van der Waals surface area contributed by atoms with Crippen molar-refractivity contribution in [3.8, 4) is 0 Å². The van der Waals surface area contributed by atoms with Crippen molar-refractivity contribution in [2.24, 2.45) is 0 Å². The van der Waals surface area contributed by atoms with E-state index < -0.39 is 5.97 Å². The van der Waals surface area contributed by atoms with Crippen molar-refractivity contribution in [3.63, 3.8) is 0 Å². The van der Waals surface area contributed by atoms with Gasteiger partial charge in [0.05, 0.1) is 5.56 Å². The number of anilines is 1. The lowest BCUT2D eigenvalue weighted by molar-refractivity contribution is 0.0697. The number of hydrogen-bond donors (Lipinski definition) is 2. The van der Waals surface area contributed by atoms with E-state index in [0.29, 0.717) is 18.3 Å². The fourth-order valence-electron chi connectivity index (χ4n) is 1.82. The van der Waals surface area contributed by atoms with E-state index in [-0.39, 0.29) is 5.56 Å². The molecule has 2 N–H and O–H groups in total. The summed E-state index contributed by atoms with van der Waals surface area (Å²) in [6, 6.07) is 13.2. The van der Waals surface area contributed by atoms with Crippen LogP contribution in [0.1, 0.15) is 28.8 Å². The van der Waals surface area contributed by atoms with Gasteiger partial charge in [0.15, 0.2) is 0 Å². The Balaban J connectivity index is 1.99. The molecular formula is C15H16N2O2.